The Bertz CT molecular complexity index is 90.1. The van der Waals surface area contributed by atoms with Gasteiger partial charge in [0.15, 0.2) is 0 Å². The molecule has 2 nitrogen and oxygen atoms in total. The Kier molecular flexibility index (Phi) is 16.1. The standard InChI is InChI=1S/C7H15NO.C4H10/c1-7(2)4-3-5-8-6-9;1-3-4-2/h6-7H,3-5H2,1-2H3,(H,8,9);3-4H2,1-2H3. The molecule has 0 rings (SSSR count). The second kappa shape index (κ2) is 14.0. The SMILES string of the molecule is CC(C)CCCNC=O.CCCC. The maximum absolute atomic E-state index is 9.74. The van der Waals surface area contributed by atoms with E-state index in [9.17, 15) is 4.79 Å². The molecule has 13 heavy (non-hydrogen) atoms. The fourth-order valence-electron chi connectivity index (χ4n) is 0.671. The molecule has 0 saturated heterocycles. The van der Waals surface area contributed by atoms with Crippen LogP contribution in [0.25, 0.3) is 0 Å². The molecular formula is C11H25NO. The molecule has 80 valence electrons. The zero-order valence-corrected chi connectivity index (χ0v) is 9.60. The van der Waals surface area contributed by atoms with Crippen molar-refractivity contribution in [2.45, 2.75) is 53.4 Å². The van der Waals surface area contributed by atoms with Gasteiger partial charge in [0.25, 0.3) is 0 Å². The van der Waals surface area contributed by atoms with Crippen LogP contribution in [0.1, 0.15) is 53.4 Å². The average molecular weight is 187 g/mol. The monoisotopic (exact) mass is 187 g/mol. The van der Waals surface area contributed by atoms with Gasteiger partial charge in [0.2, 0.25) is 6.41 Å². The Morgan fingerprint density at radius 1 is 1.23 bits per heavy atom. The van der Waals surface area contributed by atoms with Crippen molar-refractivity contribution in [3.63, 3.8) is 0 Å². The molecule has 0 bridgehead atoms. The average Bonchev–Trinajstić information content (AvgIpc) is 2.13. The molecule has 2 heteroatoms. The Balaban J connectivity index is 0. The molecule has 0 aromatic carbocycles. The van der Waals surface area contributed by atoms with Crippen molar-refractivity contribution in [3.8, 4) is 0 Å². The summed E-state index contributed by atoms with van der Waals surface area (Å²) >= 11 is 0. The van der Waals surface area contributed by atoms with E-state index >= 15 is 0 Å². The van der Waals surface area contributed by atoms with Crippen molar-refractivity contribution in [3.05, 3.63) is 0 Å². The maximum Gasteiger partial charge on any atom is 0.207 e. The number of hydrogen-bond donors (Lipinski definition) is 1. The molecule has 0 radical (unpaired) electrons. The lowest BCUT2D eigenvalue weighted by molar-refractivity contribution is -0.109. The maximum atomic E-state index is 9.74. The van der Waals surface area contributed by atoms with E-state index in [0.29, 0.717) is 0 Å². The van der Waals surface area contributed by atoms with Crippen LogP contribution in [0.3, 0.4) is 0 Å². The molecule has 0 atom stereocenters. The summed E-state index contributed by atoms with van der Waals surface area (Å²) in [6, 6.07) is 0. The van der Waals surface area contributed by atoms with Gasteiger partial charge in [0, 0.05) is 6.54 Å². The molecule has 0 heterocycles. The van der Waals surface area contributed by atoms with Gasteiger partial charge in [-0.2, -0.15) is 0 Å². The molecule has 1 N–H and O–H groups in total. The van der Waals surface area contributed by atoms with Gasteiger partial charge in [-0.3, -0.25) is 4.79 Å². The first-order valence-corrected chi connectivity index (χ1v) is 5.36. The van der Waals surface area contributed by atoms with E-state index in [-0.39, 0.29) is 0 Å². The second-order valence-electron chi connectivity index (χ2n) is 3.61. The summed E-state index contributed by atoms with van der Waals surface area (Å²) in [5.74, 6) is 0.749. The summed E-state index contributed by atoms with van der Waals surface area (Å²) in [4.78, 5) is 9.74. The summed E-state index contributed by atoms with van der Waals surface area (Å²) in [7, 11) is 0. The van der Waals surface area contributed by atoms with Crippen LogP contribution in [0, 0.1) is 5.92 Å². The molecular weight excluding hydrogens is 162 g/mol. The van der Waals surface area contributed by atoms with Gasteiger partial charge in [-0.15, -0.1) is 0 Å². The predicted molar refractivity (Wildman–Crippen MR) is 58.7 cm³/mol. The van der Waals surface area contributed by atoms with Crippen LogP contribution in [0.15, 0.2) is 0 Å². The smallest absolute Gasteiger partial charge is 0.207 e. The third-order valence-electron chi connectivity index (χ3n) is 1.69. The fourth-order valence-corrected chi connectivity index (χ4v) is 0.671. The largest absolute Gasteiger partial charge is 0.359 e. The molecule has 0 saturated carbocycles. The van der Waals surface area contributed by atoms with Crippen molar-refractivity contribution in [2.24, 2.45) is 5.92 Å². The predicted octanol–water partition coefficient (Wildman–Crippen LogP) is 2.98. The Labute approximate surface area is 83.1 Å². The van der Waals surface area contributed by atoms with Gasteiger partial charge in [-0.05, 0) is 18.8 Å². The van der Waals surface area contributed by atoms with Crippen LogP contribution in [0.4, 0.5) is 0 Å². The third kappa shape index (κ3) is 24.6. The van der Waals surface area contributed by atoms with E-state index in [1.54, 1.807) is 0 Å². The molecule has 1 amide bonds. The topological polar surface area (TPSA) is 29.1 Å². The highest BCUT2D eigenvalue weighted by Crippen LogP contribution is 2.01. The van der Waals surface area contributed by atoms with Crippen LogP contribution >= 0.6 is 0 Å². The van der Waals surface area contributed by atoms with Gasteiger partial charge in [0.1, 0.15) is 0 Å². The Morgan fingerprint density at radius 2 is 1.77 bits per heavy atom. The van der Waals surface area contributed by atoms with E-state index < -0.39 is 0 Å². The third-order valence-corrected chi connectivity index (χ3v) is 1.69. The van der Waals surface area contributed by atoms with E-state index in [0.717, 1.165) is 25.3 Å². The van der Waals surface area contributed by atoms with E-state index in [4.69, 9.17) is 0 Å². The van der Waals surface area contributed by atoms with Gasteiger partial charge in [0.05, 0.1) is 0 Å². The molecule has 0 aliphatic carbocycles. The number of amides is 1. The Hall–Kier alpha value is -0.530. The molecule has 0 unspecified atom stereocenters. The molecule has 0 aliphatic rings. The molecule has 0 aromatic rings. The minimum atomic E-state index is 0.749. The van der Waals surface area contributed by atoms with Crippen molar-refractivity contribution < 1.29 is 4.79 Å². The minimum Gasteiger partial charge on any atom is -0.359 e. The number of carbonyl (C=O) groups is 1. The zero-order chi connectivity index (χ0) is 10.5. The lowest BCUT2D eigenvalue weighted by Gasteiger charge is -2.01. The highest BCUT2D eigenvalue weighted by atomic mass is 16.1. The van der Waals surface area contributed by atoms with E-state index in [1.807, 2.05) is 0 Å². The first kappa shape index (κ1) is 15.0. The quantitative estimate of drug-likeness (QED) is 0.502. The van der Waals surface area contributed by atoms with E-state index in [1.165, 1.54) is 19.3 Å². The van der Waals surface area contributed by atoms with Gasteiger partial charge in [-0.1, -0.05) is 40.5 Å². The second-order valence-corrected chi connectivity index (χ2v) is 3.61. The minimum absolute atomic E-state index is 0.749. The first-order valence-electron chi connectivity index (χ1n) is 5.36. The highest BCUT2D eigenvalue weighted by Gasteiger charge is 1.91. The number of hydrogen-bond acceptors (Lipinski definition) is 1. The van der Waals surface area contributed by atoms with Crippen LogP contribution in [0.5, 0.6) is 0 Å². The normalized spacial score (nSPS) is 9.00. The highest BCUT2D eigenvalue weighted by molar-refractivity contribution is 5.45. The summed E-state index contributed by atoms with van der Waals surface area (Å²) < 4.78 is 0. The van der Waals surface area contributed by atoms with Crippen molar-refractivity contribution in [2.75, 3.05) is 6.54 Å². The van der Waals surface area contributed by atoms with E-state index in [2.05, 4.69) is 33.0 Å². The Morgan fingerprint density at radius 3 is 2.08 bits per heavy atom. The molecule has 0 aliphatic heterocycles. The van der Waals surface area contributed by atoms with Crippen molar-refractivity contribution in [1.82, 2.24) is 5.32 Å². The van der Waals surface area contributed by atoms with Crippen LogP contribution in [-0.2, 0) is 4.79 Å². The summed E-state index contributed by atoms with van der Waals surface area (Å²) in [6.07, 6.45) is 5.68. The van der Waals surface area contributed by atoms with Crippen LogP contribution < -0.4 is 5.32 Å². The molecule has 0 spiro atoms. The summed E-state index contributed by atoms with van der Waals surface area (Å²) in [5.41, 5.74) is 0. The van der Waals surface area contributed by atoms with Gasteiger partial charge in [-0.25, -0.2) is 0 Å². The lowest BCUT2D eigenvalue weighted by atomic mass is 10.1. The van der Waals surface area contributed by atoms with Gasteiger partial charge < -0.3 is 5.32 Å². The fraction of sp³-hybridized carbons (Fsp3) is 0.909. The van der Waals surface area contributed by atoms with Gasteiger partial charge >= 0.3 is 0 Å². The first-order chi connectivity index (χ1) is 6.18. The molecule has 0 aromatic heterocycles. The van der Waals surface area contributed by atoms with Crippen molar-refractivity contribution in [1.29, 1.82) is 0 Å². The zero-order valence-electron chi connectivity index (χ0n) is 9.60. The summed E-state index contributed by atoms with van der Waals surface area (Å²) in [5, 5.41) is 2.62. The number of rotatable bonds is 6. The van der Waals surface area contributed by atoms with Crippen molar-refractivity contribution >= 4 is 6.41 Å². The number of unbranched alkanes of at least 4 members (excludes halogenated alkanes) is 1. The van der Waals surface area contributed by atoms with Crippen LogP contribution in [0.2, 0.25) is 0 Å². The summed E-state index contributed by atoms with van der Waals surface area (Å²) in [6.45, 7) is 9.55. The lowest BCUT2D eigenvalue weighted by Crippen LogP contribution is -2.12. The number of carbonyl (C=O) groups excluding carboxylic acids is 1. The molecule has 0 fully saturated rings. The number of nitrogens with one attached hydrogen (secondary N) is 1. The van der Waals surface area contributed by atoms with Crippen LogP contribution in [-0.4, -0.2) is 13.0 Å².